The van der Waals surface area contributed by atoms with Gasteiger partial charge in [0.05, 0.1) is 26.2 Å². The Morgan fingerprint density at radius 3 is 1.89 bits per heavy atom. The van der Waals surface area contributed by atoms with Crippen LogP contribution in [0.4, 0.5) is 13.2 Å². The van der Waals surface area contributed by atoms with Gasteiger partial charge in [-0.1, -0.05) is 0 Å². The van der Waals surface area contributed by atoms with E-state index in [1.54, 1.807) is 0 Å². The van der Waals surface area contributed by atoms with Crippen molar-refractivity contribution in [2.24, 2.45) is 0 Å². The first kappa shape index (κ1) is 15.2. The highest BCUT2D eigenvalue weighted by atomic mass is 19.4. The van der Waals surface area contributed by atoms with Crippen molar-refractivity contribution >= 4 is 5.97 Å². The molecule has 18 heavy (non-hydrogen) atoms. The van der Waals surface area contributed by atoms with Crippen LogP contribution in [0.1, 0.15) is 0 Å². The molecule has 0 aromatic carbocycles. The van der Waals surface area contributed by atoms with Gasteiger partial charge in [0.2, 0.25) is 0 Å². The Morgan fingerprint density at radius 1 is 1.22 bits per heavy atom. The van der Waals surface area contributed by atoms with E-state index in [0.717, 1.165) is 6.54 Å². The Hall–Kier alpha value is -0.860. The van der Waals surface area contributed by atoms with Crippen molar-refractivity contribution < 1.29 is 32.7 Å². The lowest BCUT2D eigenvalue weighted by atomic mass is 10.1. The number of carboxylic acids is 1. The fraction of sp³-hybridized carbons (Fsp3) is 0.900. The number of quaternary nitrogens is 1. The van der Waals surface area contributed by atoms with Crippen molar-refractivity contribution in [2.45, 2.75) is 6.18 Å². The first-order valence-corrected chi connectivity index (χ1v) is 5.76. The summed E-state index contributed by atoms with van der Waals surface area (Å²) in [5.41, 5.74) is 0. The van der Waals surface area contributed by atoms with Gasteiger partial charge in [-0.05, 0) is 0 Å². The molecule has 0 spiro atoms. The molecule has 0 saturated carbocycles. The molecule has 0 aromatic heterocycles. The molecular weight excluding hydrogens is 253 g/mol. The average molecular weight is 270 g/mol. The van der Waals surface area contributed by atoms with Gasteiger partial charge < -0.3 is 19.5 Å². The molecule has 2 bridgehead atoms. The molecular formula is C10H17F3N2O3. The highest BCUT2D eigenvalue weighted by Gasteiger charge is 2.37. The highest BCUT2D eigenvalue weighted by molar-refractivity contribution is 5.70. The molecule has 1 N–H and O–H groups in total. The van der Waals surface area contributed by atoms with Crippen LogP contribution in [0.2, 0.25) is 0 Å². The molecule has 3 rings (SSSR count). The topological polar surface area (TPSA) is 63.6 Å². The van der Waals surface area contributed by atoms with Crippen molar-refractivity contribution in [2.75, 3.05) is 52.4 Å². The number of halogens is 3. The number of alkyl halides is 3. The molecule has 8 heteroatoms. The van der Waals surface area contributed by atoms with Gasteiger partial charge in [0.15, 0.2) is 0 Å². The number of carbonyl (C=O) groups excluding carboxylic acids is 1. The molecule has 0 unspecified atom stereocenters. The molecule has 3 fully saturated rings. The molecule has 3 heterocycles. The number of rotatable bonds is 2. The van der Waals surface area contributed by atoms with Gasteiger partial charge in [-0.2, -0.15) is 13.2 Å². The largest absolute Gasteiger partial charge is 0.542 e. The van der Waals surface area contributed by atoms with Gasteiger partial charge in [0.25, 0.3) is 0 Å². The van der Waals surface area contributed by atoms with Crippen molar-refractivity contribution in [3.05, 3.63) is 0 Å². The summed E-state index contributed by atoms with van der Waals surface area (Å²) in [6.45, 7) is 8.88. The highest BCUT2D eigenvalue weighted by Crippen LogP contribution is 2.18. The predicted molar refractivity (Wildman–Crippen MR) is 54.3 cm³/mol. The van der Waals surface area contributed by atoms with Crippen LogP contribution in [0, 0.1) is 0 Å². The zero-order valence-electron chi connectivity index (χ0n) is 9.95. The first-order valence-electron chi connectivity index (χ1n) is 5.76. The molecule has 3 aliphatic rings. The summed E-state index contributed by atoms with van der Waals surface area (Å²) in [7, 11) is 0. The van der Waals surface area contributed by atoms with Crippen LogP contribution in [-0.4, -0.2) is 79.1 Å². The Balaban J connectivity index is 0.000000203. The van der Waals surface area contributed by atoms with Crippen LogP contribution < -0.4 is 5.11 Å². The van der Waals surface area contributed by atoms with E-state index in [1.807, 2.05) is 0 Å². The number of carboxylic acid groups (broad SMARTS) is 1. The maximum atomic E-state index is 10.5. The van der Waals surface area contributed by atoms with Gasteiger partial charge in [0, 0.05) is 19.6 Å². The standard InChI is InChI=1S/C8H17N2O.C2HF3O2/c11-8-7-10-4-1-9(2-5-10)3-6-10;3-2(4,5)1(6)7/h11H,1-8H2;(H,6,7)/q+1;/p-1. The zero-order valence-corrected chi connectivity index (χ0v) is 9.95. The second kappa shape index (κ2) is 5.85. The maximum Gasteiger partial charge on any atom is 0.430 e. The lowest BCUT2D eigenvalue weighted by Crippen LogP contribution is -2.67. The summed E-state index contributed by atoms with van der Waals surface area (Å²) in [4.78, 5) is 11.3. The number of hydrogen-bond donors (Lipinski definition) is 1. The Morgan fingerprint density at radius 2 is 1.61 bits per heavy atom. The maximum absolute atomic E-state index is 10.5. The number of nitrogens with zero attached hydrogens (tertiary/aromatic N) is 2. The van der Waals surface area contributed by atoms with E-state index >= 15 is 0 Å². The van der Waals surface area contributed by atoms with E-state index in [4.69, 9.17) is 15.0 Å². The number of piperazine rings is 3. The summed E-state index contributed by atoms with van der Waals surface area (Å²) in [6, 6.07) is 0. The molecule has 0 aromatic rings. The Kier molecular flexibility index (Phi) is 4.94. The number of aliphatic carboxylic acids is 1. The van der Waals surface area contributed by atoms with Crippen molar-refractivity contribution in [3.8, 4) is 0 Å². The fourth-order valence-corrected chi connectivity index (χ4v) is 2.28. The number of carbonyl (C=O) groups is 1. The average Bonchev–Trinajstić information content (AvgIpc) is 2.31. The third-order valence-electron chi connectivity index (χ3n) is 3.48. The normalized spacial score (nSPS) is 30.6. The summed E-state index contributed by atoms with van der Waals surface area (Å²) < 4.78 is 32.7. The minimum atomic E-state index is -5.19. The monoisotopic (exact) mass is 270 g/mol. The number of aliphatic hydroxyl groups excluding tert-OH is 1. The van der Waals surface area contributed by atoms with Crippen molar-refractivity contribution in [1.29, 1.82) is 0 Å². The van der Waals surface area contributed by atoms with Crippen LogP contribution in [0.15, 0.2) is 0 Å². The smallest absolute Gasteiger partial charge is 0.430 e. The molecule has 0 aliphatic carbocycles. The van der Waals surface area contributed by atoms with Crippen molar-refractivity contribution in [1.82, 2.24) is 4.90 Å². The molecule has 0 amide bonds. The van der Waals surface area contributed by atoms with E-state index in [-0.39, 0.29) is 0 Å². The summed E-state index contributed by atoms with van der Waals surface area (Å²) >= 11 is 0. The molecule has 3 saturated heterocycles. The summed E-state index contributed by atoms with van der Waals surface area (Å²) in [5.74, 6) is -3.01. The first-order chi connectivity index (χ1) is 8.29. The van der Waals surface area contributed by atoms with Crippen LogP contribution in [-0.2, 0) is 4.79 Å². The molecule has 0 radical (unpaired) electrons. The molecule has 5 nitrogen and oxygen atoms in total. The Bertz CT molecular complexity index is 269. The van der Waals surface area contributed by atoms with E-state index in [9.17, 15) is 13.2 Å². The van der Waals surface area contributed by atoms with E-state index < -0.39 is 12.1 Å². The third kappa shape index (κ3) is 4.11. The van der Waals surface area contributed by atoms with Gasteiger partial charge >= 0.3 is 6.18 Å². The fourth-order valence-electron chi connectivity index (χ4n) is 2.28. The zero-order chi connectivity index (χ0) is 13.8. The third-order valence-corrected chi connectivity index (χ3v) is 3.48. The van der Waals surface area contributed by atoms with Crippen LogP contribution in [0.5, 0.6) is 0 Å². The number of aliphatic hydroxyl groups is 1. The number of hydrogen-bond acceptors (Lipinski definition) is 4. The van der Waals surface area contributed by atoms with E-state index in [2.05, 4.69) is 4.90 Å². The molecule has 106 valence electrons. The second-order valence-corrected chi connectivity index (χ2v) is 4.59. The Labute approximate surface area is 103 Å². The summed E-state index contributed by atoms with van der Waals surface area (Å²) in [6.07, 6.45) is -5.19. The number of fused-ring (bicyclic) bond motifs is 3. The van der Waals surface area contributed by atoms with Gasteiger partial charge in [0.1, 0.15) is 12.5 Å². The van der Waals surface area contributed by atoms with E-state index in [1.165, 1.54) is 43.8 Å². The lowest BCUT2D eigenvalue weighted by Gasteiger charge is -2.50. The SMILES string of the molecule is O=C([O-])C(F)(F)F.OCC[N+]12CCN(CC1)CC2. The van der Waals surface area contributed by atoms with Gasteiger partial charge in [-0.15, -0.1) is 0 Å². The lowest BCUT2D eigenvalue weighted by molar-refractivity contribution is -0.941. The molecule has 3 aliphatic heterocycles. The van der Waals surface area contributed by atoms with Crippen LogP contribution >= 0.6 is 0 Å². The van der Waals surface area contributed by atoms with Crippen LogP contribution in [0.25, 0.3) is 0 Å². The van der Waals surface area contributed by atoms with Crippen LogP contribution in [0.3, 0.4) is 0 Å². The molecule has 0 atom stereocenters. The van der Waals surface area contributed by atoms with Gasteiger partial charge in [-0.25, -0.2) is 0 Å². The second-order valence-electron chi connectivity index (χ2n) is 4.59. The van der Waals surface area contributed by atoms with E-state index in [0.29, 0.717) is 6.61 Å². The quantitative estimate of drug-likeness (QED) is 0.615. The minimum Gasteiger partial charge on any atom is -0.542 e. The predicted octanol–water partition coefficient (Wildman–Crippen LogP) is -1.58. The minimum absolute atomic E-state index is 0.361. The van der Waals surface area contributed by atoms with Crippen molar-refractivity contribution in [3.63, 3.8) is 0 Å². The summed E-state index contributed by atoms with van der Waals surface area (Å²) in [5, 5.41) is 17.7. The van der Waals surface area contributed by atoms with Gasteiger partial charge in [-0.3, -0.25) is 4.90 Å².